The van der Waals surface area contributed by atoms with E-state index in [2.05, 4.69) is 29.1 Å². The highest BCUT2D eigenvalue weighted by Gasteiger charge is 2.26. The van der Waals surface area contributed by atoms with Crippen LogP contribution in [0, 0.1) is 5.92 Å². The SMILES string of the molecule is CC(=O)C(CN1CCOCC1)NC(=O)N(C)CC1CSC(C(C)C)=N1. The van der Waals surface area contributed by atoms with Crippen molar-refractivity contribution in [1.29, 1.82) is 0 Å². The molecule has 1 saturated heterocycles. The molecule has 0 bridgehead atoms. The van der Waals surface area contributed by atoms with Crippen LogP contribution >= 0.6 is 11.8 Å². The van der Waals surface area contributed by atoms with Crippen molar-refractivity contribution in [1.82, 2.24) is 15.1 Å². The Morgan fingerprint density at radius 2 is 2.08 bits per heavy atom. The van der Waals surface area contributed by atoms with E-state index in [9.17, 15) is 9.59 Å². The van der Waals surface area contributed by atoms with Gasteiger partial charge < -0.3 is 15.0 Å². The van der Waals surface area contributed by atoms with Crippen molar-refractivity contribution in [2.24, 2.45) is 10.9 Å². The highest BCUT2D eigenvalue weighted by molar-refractivity contribution is 8.14. The van der Waals surface area contributed by atoms with Crippen LogP contribution in [-0.4, -0.2) is 90.9 Å². The topological polar surface area (TPSA) is 74.2 Å². The normalized spacial score (nSPS) is 22.6. The van der Waals surface area contributed by atoms with Crippen LogP contribution in [0.3, 0.4) is 0 Å². The number of aliphatic imine (C=N–C) groups is 1. The van der Waals surface area contributed by atoms with Gasteiger partial charge in [0.05, 0.1) is 24.3 Å². The summed E-state index contributed by atoms with van der Waals surface area (Å²) in [7, 11) is 1.76. The molecule has 0 spiro atoms. The van der Waals surface area contributed by atoms with Crippen molar-refractivity contribution in [3.63, 3.8) is 0 Å². The van der Waals surface area contributed by atoms with E-state index in [1.807, 2.05) is 0 Å². The number of rotatable bonds is 7. The molecular formula is C17H30N4O3S. The maximum atomic E-state index is 12.5. The van der Waals surface area contributed by atoms with Gasteiger partial charge in [-0.1, -0.05) is 13.8 Å². The predicted molar refractivity (Wildman–Crippen MR) is 101 cm³/mol. The molecule has 25 heavy (non-hydrogen) atoms. The average Bonchev–Trinajstić information content (AvgIpc) is 3.03. The molecule has 2 atom stereocenters. The Labute approximate surface area is 154 Å². The number of hydrogen-bond acceptors (Lipinski definition) is 6. The molecule has 2 heterocycles. The smallest absolute Gasteiger partial charge is 0.317 e. The van der Waals surface area contributed by atoms with Gasteiger partial charge in [-0.05, 0) is 6.92 Å². The van der Waals surface area contributed by atoms with Crippen molar-refractivity contribution in [3.05, 3.63) is 0 Å². The van der Waals surface area contributed by atoms with Gasteiger partial charge in [0.15, 0.2) is 5.78 Å². The molecule has 2 rings (SSSR count). The Kier molecular flexibility index (Phi) is 7.71. The molecule has 0 aromatic rings. The summed E-state index contributed by atoms with van der Waals surface area (Å²) in [5.41, 5.74) is 0. The van der Waals surface area contributed by atoms with Crippen LogP contribution in [0.25, 0.3) is 0 Å². The predicted octanol–water partition coefficient (Wildman–Crippen LogP) is 1.09. The Balaban J connectivity index is 1.84. The maximum Gasteiger partial charge on any atom is 0.317 e. The molecule has 0 aromatic carbocycles. The molecule has 0 aromatic heterocycles. The van der Waals surface area contributed by atoms with Crippen molar-refractivity contribution in [2.75, 3.05) is 52.2 Å². The number of ketones is 1. The fourth-order valence-corrected chi connectivity index (χ4v) is 3.92. The van der Waals surface area contributed by atoms with Gasteiger partial charge in [0.2, 0.25) is 0 Å². The molecule has 1 fully saturated rings. The van der Waals surface area contributed by atoms with Crippen LogP contribution in [0.1, 0.15) is 20.8 Å². The summed E-state index contributed by atoms with van der Waals surface area (Å²) in [6, 6.07) is -0.569. The number of thioether (sulfide) groups is 1. The fraction of sp³-hybridized carbons (Fsp3) is 0.824. The Bertz CT molecular complexity index is 506. The lowest BCUT2D eigenvalue weighted by Gasteiger charge is -2.30. The Morgan fingerprint density at radius 3 is 2.64 bits per heavy atom. The summed E-state index contributed by atoms with van der Waals surface area (Å²) < 4.78 is 5.32. The second kappa shape index (κ2) is 9.54. The summed E-state index contributed by atoms with van der Waals surface area (Å²) in [5.74, 6) is 1.32. The summed E-state index contributed by atoms with van der Waals surface area (Å²) in [6.07, 6.45) is 0. The minimum absolute atomic E-state index is 0.0234. The minimum atomic E-state index is -0.485. The summed E-state index contributed by atoms with van der Waals surface area (Å²) in [6.45, 7) is 9.83. The van der Waals surface area contributed by atoms with Crippen LogP contribution < -0.4 is 5.32 Å². The van der Waals surface area contributed by atoms with Crippen LogP contribution in [0.5, 0.6) is 0 Å². The molecular weight excluding hydrogens is 340 g/mol. The third-order valence-electron chi connectivity index (χ3n) is 4.39. The number of nitrogens with zero attached hydrogens (tertiary/aromatic N) is 3. The molecule has 0 radical (unpaired) electrons. The van der Waals surface area contributed by atoms with Crippen LogP contribution in [0.4, 0.5) is 4.79 Å². The fourth-order valence-electron chi connectivity index (χ4n) is 2.82. The monoisotopic (exact) mass is 370 g/mol. The number of amides is 2. The lowest BCUT2D eigenvalue weighted by atomic mass is 10.2. The van der Waals surface area contributed by atoms with E-state index in [-0.39, 0.29) is 17.9 Å². The van der Waals surface area contributed by atoms with E-state index in [1.54, 1.807) is 23.7 Å². The molecule has 7 nitrogen and oxygen atoms in total. The molecule has 0 aliphatic carbocycles. The van der Waals surface area contributed by atoms with Crippen molar-refractivity contribution < 1.29 is 14.3 Å². The third-order valence-corrected chi connectivity index (χ3v) is 5.82. The zero-order valence-electron chi connectivity index (χ0n) is 15.7. The highest BCUT2D eigenvalue weighted by atomic mass is 32.2. The van der Waals surface area contributed by atoms with Crippen LogP contribution in [0.15, 0.2) is 4.99 Å². The minimum Gasteiger partial charge on any atom is -0.379 e. The van der Waals surface area contributed by atoms with Gasteiger partial charge in [-0.2, -0.15) is 0 Å². The quantitative estimate of drug-likeness (QED) is 0.726. The van der Waals surface area contributed by atoms with Crippen LogP contribution in [0.2, 0.25) is 0 Å². The van der Waals surface area contributed by atoms with E-state index in [4.69, 9.17) is 4.74 Å². The van der Waals surface area contributed by atoms with Crippen molar-refractivity contribution >= 4 is 28.6 Å². The lowest BCUT2D eigenvalue weighted by Crippen LogP contribution is -2.53. The highest BCUT2D eigenvalue weighted by Crippen LogP contribution is 2.23. The molecule has 8 heteroatoms. The maximum absolute atomic E-state index is 12.5. The first-order valence-corrected chi connectivity index (χ1v) is 9.88. The van der Waals surface area contributed by atoms with Gasteiger partial charge in [-0.3, -0.25) is 14.7 Å². The van der Waals surface area contributed by atoms with Gasteiger partial charge in [0.1, 0.15) is 6.04 Å². The molecule has 2 aliphatic heterocycles. The summed E-state index contributed by atoms with van der Waals surface area (Å²) in [5, 5.41) is 4.03. The molecule has 142 valence electrons. The zero-order chi connectivity index (χ0) is 18.4. The van der Waals surface area contributed by atoms with E-state index < -0.39 is 6.04 Å². The van der Waals surface area contributed by atoms with Gasteiger partial charge in [-0.25, -0.2) is 4.79 Å². The first-order chi connectivity index (χ1) is 11.9. The second-order valence-electron chi connectivity index (χ2n) is 6.99. The molecule has 0 saturated carbocycles. The number of Topliss-reactive ketones (excluding diaryl/α,β-unsaturated/α-hetero) is 1. The number of carbonyl (C=O) groups is 2. The van der Waals surface area contributed by atoms with Gasteiger partial charge in [-0.15, -0.1) is 11.8 Å². The Hall–Kier alpha value is -1.12. The number of ether oxygens (including phenoxy) is 1. The second-order valence-corrected chi connectivity index (χ2v) is 8.03. The zero-order valence-corrected chi connectivity index (χ0v) is 16.5. The van der Waals surface area contributed by atoms with Gasteiger partial charge in [0.25, 0.3) is 0 Å². The standard InChI is InChI=1S/C17H30N4O3S/c1-12(2)16-18-14(11-25-16)9-20(4)17(23)19-15(13(3)22)10-21-5-7-24-8-6-21/h12,14-15H,5-11H2,1-4H3,(H,19,23). The van der Waals surface area contributed by atoms with Crippen LogP contribution in [-0.2, 0) is 9.53 Å². The first kappa shape index (κ1) is 20.2. The lowest BCUT2D eigenvalue weighted by molar-refractivity contribution is -0.119. The van der Waals surface area contributed by atoms with E-state index >= 15 is 0 Å². The summed E-state index contributed by atoms with van der Waals surface area (Å²) in [4.78, 5) is 32.9. The number of nitrogens with one attached hydrogen (secondary N) is 1. The van der Waals surface area contributed by atoms with Crippen molar-refractivity contribution in [2.45, 2.75) is 32.9 Å². The molecule has 2 unspecified atom stereocenters. The summed E-state index contributed by atoms with van der Waals surface area (Å²) >= 11 is 1.77. The largest absolute Gasteiger partial charge is 0.379 e. The van der Waals surface area contributed by atoms with Gasteiger partial charge in [0, 0.05) is 44.9 Å². The third kappa shape index (κ3) is 6.27. The number of likely N-dealkylation sites (N-methyl/N-ethyl adjacent to an activating group) is 1. The number of morpholine rings is 1. The Morgan fingerprint density at radius 1 is 1.40 bits per heavy atom. The van der Waals surface area contributed by atoms with Crippen molar-refractivity contribution in [3.8, 4) is 0 Å². The average molecular weight is 371 g/mol. The number of hydrogen-bond donors (Lipinski definition) is 1. The number of urea groups is 1. The van der Waals surface area contributed by atoms with E-state index in [1.165, 1.54) is 6.92 Å². The first-order valence-electron chi connectivity index (χ1n) is 8.89. The molecule has 2 aliphatic rings. The molecule has 2 amide bonds. The van der Waals surface area contributed by atoms with Gasteiger partial charge >= 0.3 is 6.03 Å². The van der Waals surface area contributed by atoms with E-state index in [0.717, 1.165) is 23.9 Å². The number of carbonyl (C=O) groups excluding carboxylic acids is 2. The molecule has 1 N–H and O–H groups in total. The van der Waals surface area contributed by atoms with E-state index in [0.29, 0.717) is 32.2 Å².